The minimum absolute atomic E-state index is 0.252. The van der Waals surface area contributed by atoms with Gasteiger partial charge in [-0.15, -0.1) is 0 Å². The van der Waals surface area contributed by atoms with Crippen molar-refractivity contribution in [3.05, 3.63) is 70.8 Å². The lowest BCUT2D eigenvalue weighted by molar-refractivity contribution is 0.188. The number of rotatable bonds is 11. The van der Waals surface area contributed by atoms with Gasteiger partial charge >= 0.3 is 0 Å². The van der Waals surface area contributed by atoms with Crippen molar-refractivity contribution in [2.75, 3.05) is 31.1 Å². The van der Waals surface area contributed by atoms with E-state index in [1.165, 1.54) is 24.1 Å². The summed E-state index contributed by atoms with van der Waals surface area (Å²) >= 11 is 5.98. The van der Waals surface area contributed by atoms with Crippen LogP contribution in [0.25, 0.3) is 0 Å². The summed E-state index contributed by atoms with van der Waals surface area (Å²) in [6.07, 6.45) is 5.84. The van der Waals surface area contributed by atoms with Crippen LogP contribution in [0.4, 0.5) is 5.69 Å². The fraction of sp³-hybridized carbons (Fsp3) is 0.517. The Balaban J connectivity index is 1.66. The van der Waals surface area contributed by atoms with Gasteiger partial charge in [-0.05, 0) is 87.5 Å². The Labute approximate surface area is 211 Å². The zero-order chi connectivity index (χ0) is 24.5. The monoisotopic (exact) mass is 483 g/mol. The van der Waals surface area contributed by atoms with Crippen LogP contribution in [0.3, 0.4) is 0 Å². The molecule has 2 atom stereocenters. The zero-order valence-corrected chi connectivity index (χ0v) is 22.1. The van der Waals surface area contributed by atoms with Crippen molar-refractivity contribution in [1.29, 1.82) is 0 Å². The SMILES string of the molecule is CC(C)=CCN(c1ccc(OCc2ccc(Cl)cc2)cc1)[C@H]1CCCN(CC(N)CC(C)C)C1. The molecular formula is C29H42ClN3O. The van der Waals surface area contributed by atoms with Crippen molar-refractivity contribution < 1.29 is 4.74 Å². The topological polar surface area (TPSA) is 41.7 Å². The maximum absolute atomic E-state index is 6.45. The van der Waals surface area contributed by atoms with Gasteiger partial charge in [0.05, 0.1) is 0 Å². The molecule has 1 heterocycles. The summed E-state index contributed by atoms with van der Waals surface area (Å²) in [5, 5.41) is 0.743. The second-order valence-electron chi connectivity index (χ2n) is 10.3. The lowest BCUT2D eigenvalue weighted by Gasteiger charge is -2.41. The first kappa shape index (κ1) is 26.6. The number of piperidine rings is 1. The van der Waals surface area contributed by atoms with E-state index in [0.29, 0.717) is 18.6 Å². The van der Waals surface area contributed by atoms with E-state index < -0.39 is 0 Å². The molecule has 1 aliphatic heterocycles. The highest BCUT2D eigenvalue weighted by molar-refractivity contribution is 6.30. The van der Waals surface area contributed by atoms with Crippen molar-refractivity contribution in [3.8, 4) is 5.75 Å². The van der Waals surface area contributed by atoms with E-state index in [1.807, 2.05) is 24.3 Å². The molecule has 0 bridgehead atoms. The average Bonchev–Trinajstić information content (AvgIpc) is 2.79. The highest BCUT2D eigenvalue weighted by Gasteiger charge is 2.26. The molecule has 2 aromatic carbocycles. The summed E-state index contributed by atoms with van der Waals surface area (Å²) in [7, 11) is 0. The van der Waals surface area contributed by atoms with Crippen LogP contribution in [0.1, 0.15) is 52.5 Å². The molecule has 5 heteroatoms. The molecule has 4 nitrogen and oxygen atoms in total. The summed E-state index contributed by atoms with van der Waals surface area (Å²) in [4.78, 5) is 5.12. The third kappa shape index (κ3) is 8.65. The van der Waals surface area contributed by atoms with Crippen molar-refractivity contribution >= 4 is 17.3 Å². The predicted molar refractivity (Wildman–Crippen MR) is 146 cm³/mol. The summed E-state index contributed by atoms with van der Waals surface area (Å²) in [6.45, 7) is 13.5. The lowest BCUT2D eigenvalue weighted by Crippen LogP contribution is -2.51. The Bertz CT molecular complexity index is 891. The summed E-state index contributed by atoms with van der Waals surface area (Å²) in [5.41, 5.74) is 10.1. The van der Waals surface area contributed by atoms with Gasteiger partial charge in [-0.1, -0.05) is 49.2 Å². The number of likely N-dealkylation sites (tertiary alicyclic amines) is 1. The molecule has 1 fully saturated rings. The van der Waals surface area contributed by atoms with E-state index in [9.17, 15) is 0 Å². The third-order valence-electron chi connectivity index (χ3n) is 6.37. The molecule has 1 unspecified atom stereocenters. The highest BCUT2D eigenvalue weighted by atomic mass is 35.5. The number of hydrogen-bond donors (Lipinski definition) is 1. The third-order valence-corrected chi connectivity index (χ3v) is 6.62. The molecule has 0 saturated carbocycles. The fourth-order valence-electron chi connectivity index (χ4n) is 4.69. The molecule has 3 rings (SSSR count). The van der Waals surface area contributed by atoms with E-state index in [0.717, 1.165) is 48.9 Å². The van der Waals surface area contributed by atoms with Gasteiger partial charge in [0.15, 0.2) is 0 Å². The van der Waals surface area contributed by atoms with Gasteiger partial charge in [0, 0.05) is 42.4 Å². The number of benzene rings is 2. The van der Waals surface area contributed by atoms with E-state index in [2.05, 4.69) is 67.8 Å². The van der Waals surface area contributed by atoms with E-state index in [-0.39, 0.29) is 6.04 Å². The van der Waals surface area contributed by atoms with Crippen LogP contribution < -0.4 is 15.4 Å². The van der Waals surface area contributed by atoms with Crippen LogP contribution in [0.15, 0.2) is 60.2 Å². The first-order valence-corrected chi connectivity index (χ1v) is 13.0. The molecule has 0 radical (unpaired) electrons. The lowest BCUT2D eigenvalue weighted by atomic mass is 10.00. The van der Waals surface area contributed by atoms with Gasteiger partial charge in [-0.2, -0.15) is 0 Å². The Morgan fingerprint density at radius 2 is 1.85 bits per heavy atom. The molecular weight excluding hydrogens is 442 g/mol. The van der Waals surface area contributed by atoms with Gasteiger partial charge in [0.2, 0.25) is 0 Å². The standard InChI is InChI=1S/C29H42ClN3O/c1-22(2)15-17-33(28-6-5-16-32(20-28)19-26(31)18-23(3)4)27-11-13-29(14-12-27)34-21-24-7-9-25(30)10-8-24/h7-15,23,26,28H,5-6,16-21,31H2,1-4H3/t26?,28-/m0/s1. The van der Waals surface area contributed by atoms with Crippen LogP contribution in [0.2, 0.25) is 5.02 Å². The largest absolute Gasteiger partial charge is 0.489 e. The van der Waals surface area contributed by atoms with Crippen molar-refractivity contribution in [3.63, 3.8) is 0 Å². The maximum Gasteiger partial charge on any atom is 0.119 e. The number of allylic oxidation sites excluding steroid dienone is 1. The molecule has 1 aliphatic rings. The number of nitrogens with two attached hydrogens (primary N) is 1. The van der Waals surface area contributed by atoms with Crippen molar-refractivity contribution in [2.45, 2.75) is 65.6 Å². The van der Waals surface area contributed by atoms with Crippen LogP contribution >= 0.6 is 11.6 Å². The number of halogens is 1. The molecule has 0 spiro atoms. The molecule has 2 N–H and O–H groups in total. The first-order chi connectivity index (χ1) is 16.3. The Hall–Kier alpha value is -2.01. The van der Waals surface area contributed by atoms with Crippen LogP contribution in [0.5, 0.6) is 5.75 Å². The maximum atomic E-state index is 6.45. The van der Waals surface area contributed by atoms with Gasteiger partial charge in [0.25, 0.3) is 0 Å². The number of ether oxygens (including phenoxy) is 1. The molecule has 186 valence electrons. The van der Waals surface area contributed by atoms with E-state index in [1.54, 1.807) is 0 Å². The van der Waals surface area contributed by atoms with E-state index >= 15 is 0 Å². The molecule has 0 aromatic heterocycles. The van der Waals surface area contributed by atoms with Crippen LogP contribution in [-0.4, -0.2) is 43.2 Å². The minimum Gasteiger partial charge on any atom is -0.489 e. The molecule has 2 aromatic rings. The second kappa shape index (κ2) is 13.2. The fourth-order valence-corrected chi connectivity index (χ4v) is 4.82. The number of nitrogens with zero attached hydrogens (tertiary/aromatic N) is 2. The molecule has 0 aliphatic carbocycles. The summed E-state index contributed by atoms with van der Waals surface area (Å²) in [6, 6.07) is 17.1. The molecule has 0 amide bonds. The molecule has 1 saturated heterocycles. The van der Waals surface area contributed by atoms with Crippen LogP contribution in [0, 0.1) is 5.92 Å². The van der Waals surface area contributed by atoms with E-state index in [4.69, 9.17) is 22.1 Å². The quantitative estimate of drug-likeness (QED) is 0.369. The number of anilines is 1. The van der Waals surface area contributed by atoms with Crippen LogP contribution in [-0.2, 0) is 6.61 Å². The second-order valence-corrected chi connectivity index (χ2v) is 10.7. The van der Waals surface area contributed by atoms with Gasteiger partial charge in [-0.25, -0.2) is 0 Å². The normalized spacial score (nSPS) is 17.4. The van der Waals surface area contributed by atoms with Crippen molar-refractivity contribution in [1.82, 2.24) is 4.90 Å². The molecule has 34 heavy (non-hydrogen) atoms. The van der Waals surface area contributed by atoms with Gasteiger partial charge < -0.3 is 15.4 Å². The smallest absolute Gasteiger partial charge is 0.119 e. The Morgan fingerprint density at radius 3 is 2.50 bits per heavy atom. The summed E-state index contributed by atoms with van der Waals surface area (Å²) in [5.74, 6) is 1.52. The highest BCUT2D eigenvalue weighted by Crippen LogP contribution is 2.26. The summed E-state index contributed by atoms with van der Waals surface area (Å²) < 4.78 is 6.01. The number of hydrogen-bond acceptors (Lipinski definition) is 4. The average molecular weight is 484 g/mol. The van der Waals surface area contributed by atoms with Crippen molar-refractivity contribution in [2.24, 2.45) is 11.7 Å². The Morgan fingerprint density at radius 1 is 1.15 bits per heavy atom. The minimum atomic E-state index is 0.252. The zero-order valence-electron chi connectivity index (χ0n) is 21.3. The van der Waals surface area contributed by atoms with Gasteiger partial charge in [0.1, 0.15) is 12.4 Å². The Kier molecular flexibility index (Phi) is 10.3. The first-order valence-electron chi connectivity index (χ1n) is 12.7. The predicted octanol–water partition coefficient (Wildman–Crippen LogP) is 6.53. The van der Waals surface area contributed by atoms with Gasteiger partial charge in [-0.3, -0.25) is 4.90 Å².